The third-order valence-corrected chi connectivity index (χ3v) is 9.39. The fourth-order valence-corrected chi connectivity index (χ4v) is 6.78. The third kappa shape index (κ3) is 6.70. The maximum Gasteiger partial charge on any atom is 0.416 e. The summed E-state index contributed by atoms with van der Waals surface area (Å²) in [7, 11) is 0. The van der Waals surface area contributed by atoms with E-state index in [-0.39, 0.29) is 31.5 Å². The number of anilines is 1. The van der Waals surface area contributed by atoms with Gasteiger partial charge in [-0.2, -0.15) is 18.2 Å². The summed E-state index contributed by atoms with van der Waals surface area (Å²) in [5.41, 5.74) is -1.40. The number of para-hydroxylation sites is 2. The fraction of sp³-hybridized carbons (Fsp3) is 0.471. The second-order valence-corrected chi connectivity index (χ2v) is 12.7. The van der Waals surface area contributed by atoms with Crippen LogP contribution in [0.2, 0.25) is 0 Å². The molecule has 3 heterocycles. The summed E-state index contributed by atoms with van der Waals surface area (Å²) in [6.07, 6.45) is 1.18. The van der Waals surface area contributed by atoms with Gasteiger partial charge in [-0.05, 0) is 62.9 Å². The summed E-state index contributed by atoms with van der Waals surface area (Å²) in [5, 5.41) is 15.6. The van der Waals surface area contributed by atoms with Gasteiger partial charge in [-0.1, -0.05) is 37.1 Å². The number of carbonyl (C=O) groups is 3. The summed E-state index contributed by atoms with van der Waals surface area (Å²) < 4.78 is 63.0. The van der Waals surface area contributed by atoms with Gasteiger partial charge < -0.3 is 25.4 Å². The lowest BCUT2D eigenvalue weighted by Crippen LogP contribution is -2.55. The number of fused-ring (bicyclic) bond motifs is 3. The smallest absolute Gasteiger partial charge is 0.416 e. The van der Waals surface area contributed by atoms with Crippen LogP contribution in [0.1, 0.15) is 57.4 Å². The molecular weight excluding hydrogens is 634 g/mol. The van der Waals surface area contributed by atoms with Gasteiger partial charge in [0.25, 0.3) is 6.01 Å². The highest BCUT2D eigenvalue weighted by atomic mass is 19.4. The van der Waals surface area contributed by atoms with E-state index >= 15 is 0 Å². The van der Waals surface area contributed by atoms with Crippen molar-refractivity contribution in [1.29, 1.82) is 0 Å². The number of benzene rings is 2. The molecule has 3 aliphatic rings. The number of nitrogens with zero attached hydrogens (tertiary/aromatic N) is 3. The molecule has 2 amide bonds. The normalized spacial score (nSPS) is 27.3. The van der Waals surface area contributed by atoms with Crippen LogP contribution in [0.15, 0.2) is 54.6 Å². The van der Waals surface area contributed by atoms with E-state index in [9.17, 15) is 37.1 Å². The second kappa shape index (κ2) is 13.1. The number of imidazole rings is 1. The second-order valence-electron chi connectivity index (χ2n) is 12.7. The van der Waals surface area contributed by atoms with E-state index in [1.54, 1.807) is 6.08 Å². The first-order valence-corrected chi connectivity index (χ1v) is 16.2. The molecule has 1 aliphatic carbocycles. The average Bonchev–Trinajstić information content (AvgIpc) is 3.38. The topological polar surface area (TPSA) is 126 Å². The van der Waals surface area contributed by atoms with Crippen molar-refractivity contribution < 1.29 is 41.8 Å². The van der Waals surface area contributed by atoms with E-state index in [4.69, 9.17) is 4.74 Å². The van der Waals surface area contributed by atoms with Crippen molar-refractivity contribution in [3.05, 3.63) is 66.0 Å². The van der Waals surface area contributed by atoms with Crippen molar-refractivity contribution in [2.24, 2.45) is 5.92 Å². The van der Waals surface area contributed by atoms with Gasteiger partial charge in [-0.3, -0.25) is 14.2 Å². The molecule has 2 aromatic carbocycles. The highest BCUT2D eigenvalue weighted by Crippen LogP contribution is 2.45. The van der Waals surface area contributed by atoms with Crippen LogP contribution in [0.4, 0.5) is 23.2 Å². The maximum atomic E-state index is 14.3. The molecule has 256 valence electrons. The molecule has 5 atom stereocenters. The number of carbonyl (C=O) groups excluding carboxylic acids is 2. The quantitative estimate of drug-likeness (QED) is 0.233. The molecule has 0 spiro atoms. The number of halogens is 4. The van der Waals surface area contributed by atoms with Gasteiger partial charge in [0.1, 0.15) is 29.5 Å². The van der Waals surface area contributed by atoms with Crippen molar-refractivity contribution in [2.75, 3.05) is 11.9 Å². The molecule has 48 heavy (non-hydrogen) atoms. The summed E-state index contributed by atoms with van der Waals surface area (Å²) in [6, 6.07) is 7.51. The molecule has 3 N–H and O–H groups in total. The number of hydrogen-bond acceptors (Lipinski definition) is 6. The molecule has 0 radical (unpaired) electrons. The van der Waals surface area contributed by atoms with Crippen molar-refractivity contribution in [3.8, 4) is 6.01 Å². The van der Waals surface area contributed by atoms with Crippen molar-refractivity contribution >= 4 is 34.5 Å². The third-order valence-electron chi connectivity index (χ3n) is 9.39. The molecule has 14 heteroatoms. The number of aryl methyl sites for hydroxylation is 1. The monoisotopic (exact) mass is 671 g/mol. The van der Waals surface area contributed by atoms with Crippen LogP contribution in [-0.4, -0.2) is 67.6 Å². The fourth-order valence-electron chi connectivity index (χ4n) is 6.78. The van der Waals surface area contributed by atoms with Gasteiger partial charge in [-0.25, -0.2) is 9.18 Å². The SMILES string of the molecule is CCn1c(O[C@@H]2C[C@H]3C(=O)N[C@]4(C(=O)O)C[C@@H]4/C=C\CCCCC[C@H](Nc4cc(F)cc(C(F)(F)F)c4)C(=O)N3C2)nc2ccccc21. The molecular formula is C34H37F4N5O5. The van der Waals surface area contributed by atoms with Crippen molar-refractivity contribution in [1.82, 2.24) is 19.8 Å². The molecule has 0 unspecified atom stereocenters. The Hall–Kier alpha value is -4.62. The van der Waals surface area contributed by atoms with E-state index in [2.05, 4.69) is 15.6 Å². The summed E-state index contributed by atoms with van der Waals surface area (Å²) in [5.74, 6) is -3.96. The van der Waals surface area contributed by atoms with Crippen LogP contribution in [0.3, 0.4) is 0 Å². The van der Waals surface area contributed by atoms with E-state index in [0.29, 0.717) is 43.4 Å². The average molecular weight is 672 g/mol. The minimum absolute atomic E-state index is 0.0194. The van der Waals surface area contributed by atoms with E-state index in [0.717, 1.165) is 24.1 Å². The van der Waals surface area contributed by atoms with Crippen LogP contribution >= 0.6 is 0 Å². The molecule has 1 aromatic heterocycles. The zero-order chi connectivity index (χ0) is 34.2. The van der Waals surface area contributed by atoms with E-state index in [1.165, 1.54) is 4.90 Å². The van der Waals surface area contributed by atoms with Gasteiger partial charge in [0.15, 0.2) is 0 Å². The zero-order valence-corrected chi connectivity index (χ0v) is 26.3. The van der Waals surface area contributed by atoms with E-state index in [1.807, 2.05) is 41.8 Å². The first kappa shape index (κ1) is 33.3. The number of aliphatic carboxylic acids is 1. The van der Waals surface area contributed by atoms with Crippen molar-refractivity contribution in [2.45, 2.75) is 88.3 Å². The van der Waals surface area contributed by atoms with Crippen molar-refractivity contribution in [3.63, 3.8) is 0 Å². The summed E-state index contributed by atoms with van der Waals surface area (Å²) >= 11 is 0. The lowest BCUT2D eigenvalue weighted by atomic mass is 10.0. The first-order chi connectivity index (χ1) is 22.9. The molecule has 0 bridgehead atoms. The minimum atomic E-state index is -4.81. The highest BCUT2D eigenvalue weighted by Gasteiger charge is 2.61. The number of ether oxygens (including phenoxy) is 1. The molecule has 2 aliphatic heterocycles. The molecule has 1 saturated heterocycles. The Morgan fingerprint density at radius 2 is 1.96 bits per heavy atom. The Balaban J connectivity index is 1.33. The zero-order valence-electron chi connectivity index (χ0n) is 26.3. The Kier molecular flexibility index (Phi) is 9.10. The number of aromatic nitrogens is 2. The van der Waals surface area contributed by atoms with E-state index < -0.39 is 65.0 Å². The standard InChI is InChI=1S/C34H37F4N5O5/c1-2-42-27-13-9-8-11-25(27)40-32(42)48-24-17-28-29(44)41-33(31(46)47)18-20(33)10-6-4-3-5-7-12-26(30(45)43(28)19-24)39-23-15-21(34(36,37)38)14-22(35)16-23/h6,8-11,13-16,20,24,26,28,39H,2-5,7,12,17-19H2,1H3,(H,41,44)(H,46,47)/b10-6-/t20-,24+,26-,28-,33+/m0/s1. The number of amides is 2. The Morgan fingerprint density at radius 1 is 1.17 bits per heavy atom. The van der Waals surface area contributed by atoms with Gasteiger partial charge in [0.2, 0.25) is 11.8 Å². The number of nitrogens with one attached hydrogen (secondary N) is 2. The first-order valence-electron chi connectivity index (χ1n) is 16.2. The molecule has 3 aromatic rings. The predicted octanol–water partition coefficient (Wildman–Crippen LogP) is 5.52. The lowest BCUT2D eigenvalue weighted by Gasteiger charge is -2.30. The minimum Gasteiger partial charge on any atom is -0.479 e. The van der Waals surface area contributed by atoms with Gasteiger partial charge in [0.05, 0.1) is 23.1 Å². The molecule has 1 saturated carbocycles. The molecule has 6 rings (SSSR count). The van der Waals surface area contributed by atoms with Crippen LogP contribution < -0.4 is 15.4 Å². The Morgan fingerprint density at radius 3 is 2.71 bits per heavy atom. The Bertz CT molecular complexity index is 1740. The number of carboxylic acids is 1. The predicted molar refractivity (Wildman–Crippen MR) is 168 cm³/mol. The molecule has 2 fully saturated rings. The Labute approximate surface area is 274 Å². The molecule has 10 nitrogen and oxygen atoms in total. The highest BCUT2D eigenvalue weighted by molar-refractivity contribution is 5.96. The number of carboxylic acid groups (broad SMARTS) is 1. The van der Waals surface area contributed by atoms with Crippen LogP contribution in [0.25, 0.3) is 11.0 Å². The van der Waals surface area contributed by atoms with Crippen LogP contribution in [0, 0.1) is 11.7 Å². The lowest BCUT2D eigenvalue weighted by molar-refractivity contribution is -0.145. The number of rotatable bonds is 6. The summed E-state index contributed by atoms with van der Waals surface area (Å²) in [4.78, 5) is 46.5. The largest absolute Gasteiger partial charge is 0.479 e. The van der Waals surface area contributed by atoms with Crippen LogP contribution in [0.5, 0.6) is 6.01 Å². The van der Waals surface area contributed by atoms with Crippen LogP contribution in [-0.2, 0) is 27.1 Å². The number of alkyl halides is 3. The number of hydrogen-bond donors (Lipinski definition) is 3. The maximum absolute atomic E-state index is 14.3. The van der Waals surface area contributed by atoms with Gasteiger partial charge in [-0.15, -0.1) is 0 Å². The number of allylic oxidation sites excluding steroid dienone is 1. The summed E-state index contributed by atoms with van der Waals surface area (Å²) in [6.45, 7) is 2.39. The van der Waals surface area contributed by atoms with Gasteiger partial charge in [0, 0.05) is 24.6 Å². The van der Waals surface area contributed by atoms with Gasteiger partial charge >= 0.3 is 12.1 Å².